The van der Waals surface area contributed by atoms with Crippen LogP contribution in [0.3, 0.4) is 0 Å². The Hall–Kier alpha value is -2.38. The lowest BCUT2D eigenvalue weighted by atomic mass is 10.1. The number of alkyl halides is 2. The third kappa shape index (κ3) is 3.09. The summed E-state index contributed by atoms with van der Waals surface area (Å²) in [5.41, 5.74) is 0.885. The Morgan fingerprint density at radius 1 is 1.47 bits per heavy atom. The van der Waals surface area contributed by atoms with E-state index < -0.39 is 18.9 Å². The number of nitrogens with one attached hydrogen (secondary N) is 1. The van der Waals surface area contributed by atoms with Crippen molar-refractivity contribution in [1.82, 2.24) is 25.5 Å². The zero-order valence-corrected chi connectivity index (χ0v) is 10.0. The lowest BCUT2D eigenvalue weighted by Gasteiger charge is -2.16. The van der Waals surface area contributed by atoms with E-state index in [-0.39, 0.29) is 0 Å². The highest BCUT2D eigenvalue weighted by molar-refractivity contribution is 5.95. The highest BCUT2D eigenvalue weighted by Gasteiger charge is 2.16. The van der Waals surface area contributed by atoms with Crippen LogP contribution in [0.5, 0.6) is 0 Å². The van der Waals surface area contributed by atoms with Crippen molar-refractivity contribution in [3.63, 3.8) is 0 Å². The number of carbonyl (C=O) groups is 1. The monoisotopic (exact) mass is 267 g/mol. The summed E-state index contributed by atoms with van der Waals surface area (Å²) >= 11 is 0. The summed E-state index contributed by atoms with van der Waals surface area (Å²) < 4.78 is 24.5. The Balaban J connectivity index is 2.21. The van der Waals surface area contributed by atoms with E-state index in [9.17, 15) is 13.6 Å². The van der Waals surface area contributed by atoms with Gasteiger partial charge >= 0.3 is 0 Å². The van der Waals surface area contributed by atoms with Gasteiger partial charge in [0.15, 0.2) is 0 Å². The maximum absolute atomic E-state index is 12.2. The quantitative estimate of drug-likeness (QED) is 0.903. The first-order chi connectivity index (χ1) is 9.08. The largest absolute Gasteiger partial charge is 0.336 e. The van der Waals surface area contributed by atoms with E-state index >= 15 is 0 Å². The van der Waals surface area contributed by atoms with Crippen molar-refractivity contribution in [1.29, 1.82) is 0 Å². The number of H-pyrrole nitrogens is 1. The molecule has 2 aromatic rings. The number of tetrazole rings is 1. The first-order valence-electron chi connectivity index (χ1n) is 5.45. The molecule has 0 aliphatic heterocycles. The van der Waals surface area contributed by atoms with Crippen LogP contribution in [-0.2, 0) is 0 Å². The molecule has 0 saturated heterocycles. The van der Waals surface area contributed by atoms with Crippen molar-refractivity contribution < 1.29 is 13.6 Å². The molecule has 0 atom stereocenters. The maximum atomic E-state index is 12.2. The highest BCUT2D eigenvalue weighted by atomic mass is 19.3. The number of nitrogens with zero attached hydrogens (tertiary/aromatic N) is 4. The van der Waals surface area contributed by atoms with Crippen LogP contribution in [0.4, 0.5) is 8.78 Å². The van der Waals surface area contributed by atoms with Gasteiger partial charge in [-0.15, -0.1) is 10.2 Å². The molecule has 0 bridgehead atoms. The van der Waals surface area contributed by atoms with Gasteiger partial charge in [0.1, 0.15) is 0 Å². The third-order valence-corrected chi connectivity index (χ3v) is 2.47. The summed E-state index contributed by atoms with van der Waals surface area (Å²) in [5, 5.41) is 13.3. The number of amides is 1. The van der Waals surface area contributed by atoms with Crippen molar-refractivity contribution in [2.75, 3.05) is 13.6 Å². The van der Waals surface area contributed by atoms with E-state index in [1.165, 1.54) is 13.1 Å². The molecule has 6 nitrogen and oxygen atoms in total. The molecule has 0 unspecified atom stereocenters. The second-order valence-corrected chi connectivity index (χ2v) is 3.89. The minimum atomic E-state index is -2.56. The first kappa shape index (κ1) is 13.1. The van der Waals surface area contributed by atoms with Gasteiger partial charge in [0.25, 0.3) is 12.3 Å². The summed E-state index contributed by atoms with van der Waals surface area (Å²) in [7, 11) is 1.33. The van der Waals surface area contributed by atoms with Crippen LogP contribution in [-0.4, -0.2) is 51.4 Å². The van der Waals surface area contributed by atoms with Crippen molar-refractivity contribution in [2.24, 2.45) is 0 Å². The molecular formula is C11H11F2N5O. The number of halogens is 2. The van der Waals surface area contributed by atoms with E-state index in [0.717, 1.165) is 4.90 Å². The first-order valence-corrected chi connectivity index (χ1v) is 5.45. The van der Waals surface area contributed by atoms with E-state index in [4.69, 9.17) is 0 Å². The molecule has 1 aromatic carbocycles. The zero-order valence-electron chi connectivity index (χ0n) is 10.0. The summed E-state index contributed by atoms with van der Waals surface area (Å²) in [5.74, 6) is -0.142. The van der Waals surface area contributed by atoms with Gasteiger partial charge in [-0.1, -0.05) is 12.1 Å². The van der Waals surface area contributed by atoms with Gasteiger partial charge in [-0.2, -0.15) is 5.21 Å². The fourth-order valence-electron chi connectivity index (χ4n) is 1.59. The molecule has 1 heterocycles. The Labute approximate surface area is 107 Å². The van der Waals surface area contributed by atoms with Gasteiger partial charge < -0.3 is 4.90 Å². The fraction of sp³-hybridized carbons (Fsp3) is 0.273. The SMILES string of the molecule is CN(CC(F)F)C(=O)c1cccc(-c2nn[nH]n2)c1. The Morgan fingerprint density at radius 2 is 2.26 bits per heavy atom. The molecule has 0 spiro atoms. The Morgan fingerprint density at radius 3 is 2.89 bits per heavy atom. The summed E-state index contributed by atoms with van der Waals surface area (Å²) in [4.78, 5) is 12.9. The van der Waals surface area contributed by atoms with Crippen molar-refractivity contribution >= 4 is 5.91 Å². The summed E-state index contributed by atoms with van der Waals surface area (Å²) in [6.45, 7) is -0.606. The number of benzene rings is 1. The summed E-state index contributed by atoms with van der Waals surface area (Å²) in [6, 6.07) is 6.42. The molecule has 2 rings (SSSR count). The van der Waals surface area contributed by atoms with Gasteiger partial charge in [-0.05, 0) is 17.3 Å². The molecule has 100 valence electrons. The summed E-state index contributed by atoms with van der Waals surface area (Å²) in [6.07, 6.45) is -2.56. The number of hydrogen-bond acceptors (Lipinski definition) is 4. The second-order valence-electron chi connectivity index (χ2n) is 3.89. The predicted molar refractivity (Wildman–Crippen MR) is 62.6 cm³/mol. The molecular weight excluding hydrogens is 256 g/mol. The molecule has 0 fully saturated rings. The molecule has 0 saturated carbocycles. The molecule has 0 aliphatic rings. The molecule has 1 aromatic heterocycles. The van der Waals surface area contributed by atoms with Crippen LogP contribution in [0.15, 0.2) is 24.3 Å². The van der Waals surface area contributed by atoms with Gasteiger partial charge in [0.2, 0.25) is 5.82 Å². The smallest absolute Gasteiger partial charge is 0.255 e. The number of aromatic nitrogens is 4. The van der Waals surface area contributed by atoms with Gasteiger partial charge in [-0.3, -0.25) is 4.79 Å². The molecule has 8 heteroatoms. The predicted octanol–water partition coefficient (Wildman–Crippen LogP) is 1.20. The molecule has 0 aliphatic carbocycles. The normalized spacial score (nSPS) is 10.7. The van der Waals surface area contributed by atoms with Crippen LogP contribution in [0.1, 0.15) is 10.4 Å². The Kier molecular flexibility index (Phi) is 3.79. The topological polar surface area (TPSA) is 74.8 Å². The Bertz CT molecular complexity index is 558. The van der Waals surface area contributed by atoms with Crippen LogP contribution in [0.25, 0.3) is 11.4 Å². The average Bonchev–Trinajstić information content (AvgIpc) is 2.91. The molecule has 1 amide bonds. The lowest BCUT2D eigenvalue weighted by molar-refractivity contribution is 0.0620. The van der Waals surface area contributed by atoms with Crippen LogP contribution in [0.2, 0.25) is 0 Å². The van der Waals surface area contributed by atoms with Crippen molar-refractivity contribution in [2.45, 2.75) is 6.43 Å². The highest BCUT2D eigenvalue weighted by Crippen LogP contribution is 2.16. The third-order valence-electron chi connectivity index (χ3n) is 2.47. The minimum absolute atomic E-state index is 0.297. The average molecular weight is 267 g/mol. The van der Waals surface area contributed by atoms with Crippen molar-refractivity contribution in [3.8, 4) is 11.4 Å². The zero-order chi connectivity index (χ0) is 13.8. The van der Waals surface area contributed by atoms with Gasteiger partial charge in [0, 0.05) is 18.2 Å². The molecule has 0 radical (unpaired) electrons. The molecule has 19 heavy (non-hydrogen) atoms. The molecule has 1 N–H and O–H groups in total. The number of hydrogen-bond donors (Lipinski definition) is 1. The van der Waals surface area contributed by atoms with Crippen LogP contribution < -0.4 is 0 Å². The lowest BCUT2D eigenvalue weighted by Crippen LogP contribution is -2.31. The standard InChI is InChI=1S/C11H11F2N5O/c1-18(6-9(12)13)11(19)8-4-2-3-7(5-8)10-14-16-17-15-10/h2-5,9H,6H2,1H3,(H,14,15,16,17). The van der Waals surface area contributed by atoms with Crippen LogP contribution >= 0.6 is 0 Å². The van der Waals surface area contributed by atoms with Gasteiger partial charge in [-0.25, -0.2) is 8.78 Å². The van der Waals surface area contributed by atoms with E-state index in [1.54, 1.807) is 18.2 Å². The van der Waals surface area contributed by atoms with Crippen molar-refractivity contribution in [3.05, 3.63) is 29.8 Å². The number of rotatable bonds is 4. The van der Waals surface area contributed by atoms with E-state index in [1.807, 2.05) is 0 Å². The number of aromatic amines is 1. The second kappa shape index (κ2) is 5.51. The maximum Gasteiger partial charge on any atom is 0.255 e. The minimum Gasteiger partial charge on any atom is -0.336 e. The van der Waals surface area contributed by atoms with Gasteiger partial charge in [0.05, 0.1) is 6.54 Å². The number of carbonyl (C=O) groups excluding carboxylic acids is 1. The van der Waals surface area contributed by atoms with E-state index in [0.29, 0.717) is 17.0 Å². The fourth-order valence-corrected chi connectivity index (χ4v) is 1.59. The van der Waals surface area contributed by atoms with E-state index in [2.05, 4.69) is 20.6 Å². The van der Waals surface area contributed by atoms with Crippen LogP contribution in [0, 0.1) is 0 Å².